The van der Waals surface area contributed by atoms with Crippen LogP contribution >= 0.6 is 0 Å². The summed E-state index contributed by atoms with van der Waals surface area (Å²) in [6.45, 7) is 0. The molecule has 0 fully saturated rings. The lowest BCUT2D eigenvalue weighted by atomic mass is 10.1. The summed E-state index contributed by atoms with van der Waals surface area (Å²) in [5.74, 6) is 0.506. The van der Waals surface area contributed by atoms with Gasteiger partial charge in [0.1, 0.15) is 5.75 Å². The van der Waals surface area contributed by atoms with Gasteiger partial charge in [0.05, 0.1) is 31.9 Å². The first kappa shape index (κ1) is 18.2. The zero-order valence-electron chi connectivity index (χ0n) is 14.9. The molecule has 1 aromatic heterocycles. The maximum atomic E-state index is 12.2. The van der Waals surface area contributed by atoms with E-state index in [0.717, 1.165) is 5.56 Å². The number of hydrogen-bond donors (Lipinski definition) is 1. The summed E-state index contributed by atoms with van der Waals surface area (Å²) in [6, 6.07) is 15.6. The second-order valence-electron chi connectivity index (χ2n) is 5.71. The molecule has 0 aliphatic heterocycles. The number of nitrogens with one attached hydrogen (secondary N) is 1. The van der Waals surface area contributed by atoms with Gasteiger partial charge in [0, 0.05) is 17.3 Å². The van der Waals surface area contributed by atoms with E-state index in [0.29, 0.717) is 28.5 Å². The summed E-state index contributed by atoms with van der Waals surface area (Å²) in [5.41, 5.74) is 2.16. The molecule has 1 amide bonds. The maximum absolute atomic E-state index is 12.2. The number of carbonyl (C=O) groups excluding carboxylic acids is 2. The molecule has 0 aliphatic rings. The molecule has 0 spiro atoms. The highest BCUT2D eigenvalue weighted by atomic mass is 16.5. The molecule has 27 heavy (non-hydrogen) atoms. The number of nitrogens with zero attached hydrogens (tertiary/aromatic N) is 1. The molecule has 138 valence electrons. The third-order valence-electron chi connectivity index (χ3n) is 3.82. The van der Waals surface area contributed by atoms with Crippen LogP contribution in [0.4, 0.5) is 5.69 Å². The predicted molar refractivity (Wildman–Crippen MR) is 98.6 cm³/mol. The van der Waals surface area contributed by atoms with Gasteiger partial charge in [0.25, 0.3) is 0 Å². The van der Waals surface area contributed by atoms with E-state index in [2.05, 4.69) is 15.2 Å². The van der Waals surface area contributed by atoms with Crippen LogP contribution in [-0.4, -0.2) is 31.3 Å². The quantitative estimate of drug-likeness (QED) is 0.673. The number of carbonyl (C=O) groups is 2. The molecule has 3 aromatic rings. The second-order valence-corrected chi connectivity index (χ2v) is 5.71. The van der Waals surface area contributed by atoms with Crippen LogP contribution in [0.5, 0.6) is 5.75 Å². The number of ether oxygens (including phenoxy) is 2. The molecule has 0 bridgehead atoms. The highest BCUT2D eigenvalue weighted by molar-refractivity contribution is 5.95. The molecular formula is C20H18N2O5. The topological polar surface area (TPSA) is 90.7 Å². The number of benzene rings is 2. The number of esters is 1. The van der Waals surface area contributed by atoms with E-state index in [1.807, 2.05) is 24.3 Å². The molecule has 0 aliphatic carbocycles. The average Bonchev–Trinajstić information content (AvgIpc) is 3.16. The SMILES string of the molecule is COC(=O)c1cccc(NC(=O)Cc2cc(-c3cccc(OC)c3)on2)c1. The van der Waals surface area contributed by atoms with Crippen molar-refractivity contribution in [2.45, 2.75) is 6.42 Å². The Morgan fingerprint density at radius 2 is 1.89 bits per heavy atom. The Labute approximate surface area is 155 Å². The van der Waals surface area contributed by atoms with Crippen molar-refractivity contribution in [3.8, 4) is 17.1 Å². The third-order valence-corrected chi connectivity index (χ3v) is 3.82. The summed E-state index contributed by atoms with van der Waals surface area (Å²) < 4.78 is 15.2. The van der Waals surface area contributed by atoms with E-state index in [4.69, 9.17) is 9.26 Å². The molecular weight excluding hydrogens is 348 g/mol. The van der Waals surface area contributed by atoms with Crippen molar-refractivity contribution in [3.05, 3.63) is 65.9 Å². The van der Waals surface area contributed by atoms with Gasteiger partial charge >= 0.3 is 5.97 Å². The summed E-state index contributed by atoms with van der Waals surface area (Å²) in [4.78, 5) is 23.8. The van der Waals surface area contributed by atoms with Crippen LogP contribution in [0.3, 0.4) is 0 Å². The van der Waals surface area contributed by atoms with Gasteiger partial charge in [-0.25, -0.2) is 4.79 Å². The third kappa shape index (κ3) is 4.52. The van der Waals surface area contributed by atoms with Crippen molar-refractivity contribution in [3.63, 3.8) is 0 Å². The van der Waals surface area contributed by atoms with Gasteiger partial charge in [-0.3, -0.25) is 4.79 Å². The van der Waals surface area contributed by atoms with E-state index >= 15 is 0 Å². The molecule has 1 heterocycles. The zero-order chi connectivity index (χ0) is 19.2. The first-order chi connectivity index (χ1) is 13.1. The number of rotatable bonds is 6. The minimum absolute atomic E-state index is 0.0376. The Morgan fingerprint density at radius 1 is 1.07 bits per heavy atom. The molecule has 2 aromatic carbocycles. The van der Waals surface area contributed by atoms with E-state index in [9.17, 15) is 9.59 Å². The normalized spacial score (nSPS) is 10.3. The molecule has 0 atom stereocenters. The second kappa shape index (κ2) is 8.18. The number of anilines is 1. The Bertz CT molecular complexity index is 964. The molecule has 1 N–H and O–H groups in total. The Kier molecular flexibility index (Phi) is 5.51. The highest BCUT2D eigenvalue weighted by Crippen LogP contribution is 2.24. The van der Waals surface area contributed by atoms with E-state index in [1.165, 1.54) is 7.11 Å². The first-order valence-corrected chi connectivity index (χ1v) is 8.17. The molecule has 0 saturated carbocycles. The molecule has 7 nitrogen and oxygen atoms in total. The minimum atomic E-state index is -0.467. The predicted octanol–water partition coefficient (Wildman–Crippen LogP) is 3.32. The minimum Gasteiger partial charge on any atom is -0.497 e. The van der Waals surface area contributed by atoms with Gasteiger partial charge in [-0.2, -0.15) is 0 Å². The molecule has 7 heteroatoms. The monoisotopic (exact) mass is 366 g/mol. The molecule has 0 unspecified atom stereocenters. The van der Waals surface area contributed by atoms with Gasteiger partial charge in [0.15, 0.2) is 5.76 Å². The standard InChI is InChI=1S/C20H18N2O5/c1-25-17-8-4-5-13(10-17)18-11-16(22-27-18)12-19(23)21-15-7-3-6-14(9-15)20(24)26-2/h3-11H,12H2,1-2H3,(H,21,23). The maximum Gasteiger partial charge on any atom is 0.337 e. The lowest BCUT2D eigenvalue weighted by Crippen LogP contribution is -2.15. The first-order valence-electron chi connectivity index (χ1n) is 8.17. The van der Waals surface area contributed by atoms with Crippen molar-refractivity contribution in [1.82, 2.24) is 5.16 Å². The summed E-state index contributed by atoms with van der Waals surface area (Å²) in [6.07, 6.45) is 0.0376. The Hall–Kier alpha value is -3.61. The highest BCUT2D eigenvalue weighted by Gasteiger charge is 2.12. The number of amides is 1. The van der Waals surface area contributed by atoms with Crippen LogP contribution in [0.1, 0.15) is 16.1 Å². The zero-order valence-corrected chi connectivity index (χ0v) is 14.9. The van der Waals surface area contributed by atoms with E-state index in [-0.39, 0.29) is 12.3 Å². The summed E-state index contributed by atoms with van der Waals surface area (Å²) in [5, 5.41) is 6.67. The smallest absolute Gasteiger partial charge is 0.337 e. The fraction of sp³-hybridized carbons (Fsp3) is 0.150. The molecule has 0 saturated heterocycles. The lowest BCUT2D eigenvalue weighted by molar-refractivity contribution is -0.115. The van der Waals surface area contributed by atoms with E-state index in [1.54, 1.807) is 37.4 Å². The molecule has 3 rings (SSSR count). The van der Waals surface area contributed by atoms with Gasteiger partial charge in [0.2, 0.25) is 5.91 Å². The molecule has 0 radical (unpaired) electrons. The van der Waals surface area contributed by atoms with Crippen molar-refractivity contribution < 1.29 is 23.6 Å². The van der Waals surface area contributed by atoms with Crippen molar-refractivity contribution in [1.29, 1.82) is 0 Å². The van der Waals surface area contributed by atoms with Crippen molar-refractivity contribution in [2.75, 3.05) is 19.5 Å². The largest absolute Gasteiger partial charge is 0.497 e. The van der Waals surface area contributed by atoms with Crippen LogP contribution < -0.4 is 10.1 Å². The van der Waals surface area contributed by atoms with Crippen LogP contribution in [-0.2, 0) is 16.0 Å². The van der Waals surface area contributed by atoms with Gasteiger partial charge < -0.3 is 19.3 Å². The summed E-state index contributed by atoms with van der Waals surface area (Å²) >= 11 is 0. The van der Waals surface area contributed by atoms with Crippen molar-refractivity contribution >= 4 is 17.6 Å². The summed E-state index contributed by atoms with van der Waals surface area (Å²) in [7, 11) is 2.89. The average molecular weight is 366 g/mol. The van der Waals surface area contributed by atoms with Gasteiger partial charge in [-0.15, -0.1) is 0 Å². The van der Waals surface area contributed by atoms with Crippen molar-refractivity contribution in [2.24, 2.45) is 0 Å². The fourth-order valence-corrected chi connectivity index (χ4v) is 2.52. The van der Waals surface area contributed by atoms with Crippen LogP contribution in [0.15, 0.2) is 59.1 Å². The Morgan fingerprint density at radius 3 is 2.67 bits per heavy atom. The number of aromatic nitrogens is 1. The van der Waals surface area contributed by atoms with Crippen LogP contribution in [0.2, 0.25) is 0 Å². The Balaban J connectivity index is 1.67. The number of hydrogen-bond acceptors (Lipinski definition) is 6. The number of methoxy groups -OCH3 is 2. The van der Waals surface area contributed by atoms with Gasteiger partial charge in [-0.1, -0.05) is 23.4 Å². The fourth-order valence-electron chi connectivity index (χ4n) is 2.52. The van der Waals surface area contributed by atoms with Crippen LogP contribution in [0, 0.1) is 0 Å². The van der Waals surface area contributed by atoms with E-state index < -0.39 is 5.97 Å². The van der Waals surface area contributed by atoms with Crippen LogP contribution in [0.25, 0.3) is 11.3 Å². The lowest BCUT2D eigenvalue weighted by Gasteiger charge is -2.05. The van der Waals surface area contributed by atoms with Gasteiger partial charge in [-0.05, 0) is 30.3 Å².